The van der Waals surface area contributed by atoms with Crippen LogP contribution in [0.2, 0.25) is 19.6 Å². The molecule has 1 rings (SSSR count). The second-order valence-electron chi connectivity index (χ2n) is 5.63. The summed E-state index contributed by atoms with van der Waals surface area (Å²) in [7, 11) is -5.45. The van der Waals surface area contributed by atoms with E-state index in [2.05, 4.69) is 11.5 Å². The van der Waals surface area contributed by atoms with E-state index >= 15 is 0 Å². The van der Waals surface area contributed by atoms with Gasteiger partial charge in [0.1, 0.15) is 8.07 Å². The van der Waals surface area contributed by atoms with E-state index in [4.69, 9.17) is 0 Å². The molecule has 0 aromatic heterocycles. The molecule has 0 heterocycles. The number of alkyl halides is 3. The number of hydrogen-bond acceptors (Lipinski definition) is 2. The van der Waals surface area contributed by atoms with Crippen LogP contribution in [0, 0.1) is 11.5 Å². The predicted octanol–water partition coefficient (Wildman–Crippen LogP) is 3.31. The number of sulfonamides is 1. The van der Waals surface area contributed by atoms with Crippen LogP contribution in [0.1, 0.15) is 11.1 Å². The van der Waals surface area contributed by atoms with Crippen molar-refractivity contribution in [1.29, 1.82) is 0 Å². The summed E-state index contributed by atoms with van der Waals surface area (Å²) in [5.41, 5.74) is 1.64. The Morgan fingerprint density at radius 1 is 1.19 bits per heavy atom. The molecule has 0 radical (unpaired) electrons. The van der Waals surface area contributed by atoms with Crippen LogP contribution in [0.4, 0.5) is 18.9 Å². The highest BCUT2D eigenvalue weighted by Crippen LogP contribution is 2.33. The summed E-state index contributed by atoms with van der Waals surface area (Å²) in [4.78, 5) is 0. The van der Waals surface area contributed by atoms with Gasteiger partial charge in [0.05, 0.1) is 11.8 Å². The molecule has 21 heavy (non-hydrogen) atoms. The van der Waals surface area contributed by atoms with Gasteiger partial charge in [-0.15, -0.1) is 5.54 Å². The first-order valence-corrected chi connectivity index (χ1v) is 11.4. The van der Waals surface area contributed by atoms with Gasteiger partial charge in [-0.05, 0) is 18.2 Å². The number of nitrogens with one attached hydrogen (secondary N) is 1. The van der Waals surface area contributed by atoms with E-state index in [1.807, 2.05) is 24.4 Å². The smallest absolute Gasteiger partial charge is 0.284 e. The quantitative estimate of drug-likeness (QED) is 0.666. The van der Waals surface area contributed by atoms with E-state index in [1.54, 1.807) is 0 Å². The molecule has 0 unspecified atom stereocenters. The summed E-state index contributed by atoms with van der Waals surface area (Å²) in [5.74, 6) is 2.56. The van der Waals surface area contributed by atoms with Gasteiger partial charge in [0.15, 0.2) is 0 Å². The molecule has 1 N–H and O–H groups in total. The highest BCUT2D eigenvalue weighted by molar-refractivity contribution is 7.92. The Hall–Kier alpha value is -1.46. The molecule has 1 aromatic rings. The monoisotopic (exact) mass is 335 g/mol. The van der Waals surface area contributed by atoms with Gasteiger partial charge in [0.25, 0.3) is 0 Å². The maximum Gasteiger partial charge on any atom is 0.417 e. The lowest BCUT2D eigenvalue weighted by Gasteiger charge is -2.12. The molecule has 3 nitrogen and oxygen atoms in total. The van der Waals surface area contributed by atoms with Crippen molar-refractivity contribution >= 4 is 23.8 Å². The molecule has 0 aliphatic heterocycles. The molecular formula is C13H16F3NO2SSi. The molecule has 0 fully saturated rings. The molecule has 1 aromatic carbocycles. The Balaban J connectivity index is 3.36. The van der Waals surface area contributed by atoms with Crippen LogP contribution in [0.25, 0.3) is 0 Å². The summed E-state index contributed by atoms with van der Waals surface area (Å²) in [6, 6.07) is 3.21. The van der Waals surface area contributed by atoms with Crippen molar-refractivity contribution in [3.63, 3.8) is 0 Å². The van der Waals surface area contributed by atoms with Crippen LogP contribution in [-0.4, -0.2) is 22.7 Å². The van der Waals surface area contributed by atoms with Crippen molar-refractivity contribution < 1.29 is 21.6 Å². The Labute approximate surface area is 123 Å². The van der Waals surface area contributed by atoms with Crippen molar-refractivity contribution in [3.05, 3.63) is 29.3 Å². The summed E-state index contributed by atoms with van der Waals surface area (Å²) < 4.78 is 63.3. The summed E-state index contributed by atoms with van der Waals surface area (Å²) in [6.45, 7) is 5.77. The zero-order valence-corrected chi connectivity index (χ0v) is 13.9. The van der Waals surface area contributed by atoms with E-state index in [0.717, 1.165) is 12.3 Å². The van der Waals surface area contributed by atoms with Gasteiger partial charge >= 0.3 is 6.18 Å². The van der Waals surface area contributed by atoms with Crippen LogP contribution in [0.3, 0.4) is 0 Å². The van der Waals surface area contributed by atoms with Gasteiger partial charge in [0.2, 0.25) is 10.0 Å². The third kappa shape index (κ3) is 6.22. The fourth-order valence-electron chi connectivity index (χ4n) is 1.42. The lowest BCUT2D eigenvalue weighted by molar-refractivity contribution is -0.137. The molecule has 0 amide bonds. The molecule has 0 saturated carbocycles. The van der Waals surface area contributed by atoms with Gasteiger partial charge < -0.3 is 0 Å². The Morgan fingerprint density at radius 3 is 2.19 bits per heavy atom. The fourth-order valence-corrected chi connectivity index (χ4v) is 2.48. The van der Waals surface area contributed by atoms with Crippen LogP contribution in [-0.2, 0) is 16.2 Å². The van der Waals surface area contributed by atoms with E-state index in [9.17, 15) is 21.6 Å². The normalized spacial score (nSPS) is 12.5. The standard InChI is InChI=1S/C13H16F3NO2SSi/c1-20(18,19)17-11-6-5-10(7-8-21(2,3)4)12(9-11)13(14,15)16/h5-6,9,17H,1-4H3. The third-order valence-electron chi connectivity index (χ3n) is 2.20. The van der Waals surface area contributed by atoms with Gasteiger partial charge in [-0.25, -0.2) is 8.42 Å². The minimum absolute atomic E-state index is 0.136. The Kier molecular flexibility index (Phi) is 4.80. The second kappa shape index (κ2) is 5.73. The highest BCUT2D eigenvalue weighted by atomic mass is 32.2. The van der Waals surface area contributed by atoms with E-state index in [0.29, 0.717) is 0 Å². The Bertz CT molecular complexity index is 695. The first-order chi connectivity index (χ1) is 9.28. The molecule has 0 aliphatic carbocycles. The lowest BCUT2D eigenvalue weighted by Crippen LogP contribution is -2.17. The molecule has 0 saturated heterocycles. The number of anilines is 1. The van der Waals surface area contributed by atoms with Crippen molar-refractivity contribution in [3.8, 4) is 11.5 Å². The lowest BCUT2D eigenvalue weighted by atomic mass is 10.1. The average molecular weight is 335 g/mol. The minimum atomic E-state index is -4.60. The van der Waals surface area contributed by atoms with Gasteiger partial charge in [-0.1, -0.05) is 25.6 Å². The molecule has 0 bridgehead atoms. The maximum absolute atomic E-state index is 13.0. The SMILES string of the molecule is C[Si](C)(C)C#Cc1ccc(NS(C)(=O)=O)cc1C(F)(F)F. The third-order valence-corrected chi connectivity index (χ3v) is 3.68. The summed E-state index contributed by atoms with van der Waals surface area (Å²) in [6.07, 6.45) is -3.72. The maximum atomic E-state index is 13.0. The number of hydrogen-bond donors (Lipinski definition) is 1. The summed E-state index contributed by atoms with van der Waals surface area (Å²) >= 11 is 0. The minimum Gasteiger partial charge on any atom is -0.284 e. The Morgan fingerprint density at radius 2 is 1.76 bits per heavy atom. The van der Waals surface area contributed by atoms with Crippen molar-refractivity contribution in [1.82, 2.24) is 0 Å². The van der Waals surface area contributed by atoms with E-state index < -0.39 is 29.8 Å². The molecular weight excluding hydrogens is 319 g/mol. The topological polar surface area (TPSA) is 46.2 Å². The van der Waals surface area contributed by atoms with E-state index in [-0.39, 0.29) is 11.3 Å². The average Bonchev–Trinajstić information content (AvgIpc) is 2.22. The molecule has 0 aliphatic rings. The predicted molar refractivity (Wildman–Crippen MR) is 80.1 cm³/mol. The van der Waals surface area contributed by atoms with Crippen molar-refractivity contribution in [2.75, 3.05) is 11.0 Å². The molecule has 8 heteroatoms. The number of benzene rings is 1. The molecule has 0 atom stereocenters. The van der Waals surface area contributed by atoms with Crippen LogP contribution >= 0.6 is 0 Å². The first-order valence-electron chi connectivity index (χ1n) is 6.00. The zero-order valence-electron chi connectivity index (χ0n) is 12.1. The largest absolute Gasteiger partial charge is 0.417 e. The van der Waals surface area contributed by atoms with Gasteiger partial charge in [-0.2, -0.15) is 13.2 Å². The van der Waals surface area contributed by atoms with Crippen molar-refractivity contribution in [2.24, 2.45) is 0 Å². The van der Waals surface area contributed by atoms with Crippen LogP contribution in [0.5, 0.6) is 0 Å². The summed E-state index contributed by atoms with van der Waals surface area (Å²) in [5, 5.41) is 0. The highest BCUT2D eigenvalue weighted by Gasteiger charge is 2.33. The first kappa shape index (κ1) is 17.6. The zero-order chi connectivity index (χ0) is 16.5. The van der Waals surface area contributed by atoms with Crippen LogP contribution < -0.4 is 4.72 Å². The van der Waals surface area contributed by atoms with Gasteiger partial charge in [-0.3, -0.25) is 4.72 Å². The number of rotatable bonds is 2. The van der Waals surface area contributed by atoms with Crippen LogP contribution in [0.15, 0.2) is 18.2 Å². The molecule has 116 valence electrons. The molecule has 0 spiro atoms. The van der Waals surface area contributed by atoms with Gasteiger partial charge in [0, 0.05) is 11.3 Å². The van der Waals surface area contributed by atoms with Crippen molar-refractivity contribution in [2.45, 2.75) is 25.8 Å². The van der Waals surface area contributed by atoms with E-state index in [1.165, 1.54) is 12.1 Å². The fraction of sp³-hybridized carbons (Fsp3) is 0.385. The second-order valence-corrected chi connectivity index (χ2v) is 12.1. The number of halogens is 3.